The Morgan fingerprint density at radius 2 is 1.68 bits per heavy atom. The van der Waals surface area contributed by atoms with Crippen LogP contribution in [-0.4, -0.2) is 42.7 Å². The van der Waals surface area contributed by atoms with Gasteiger partial charge < -0.3 is 18.0 Å². The van der Waals surface area contributed by atoms with Gasteiger partial charge in [0.1, 0.15) is 0 Å². The minimum absolute atomic E-state index is 0.00855. The zero-order chi connectivity index (χ0) is 16.3. The highest BCUT2D eigenvalue weighted by molar-refractivity contribution is 6.60. The SMILES string of the molecule is CO[Si](CCCOC(=O)C1CC2CC1C(C)C2C)(OC)OC. The van der Waals surface area contributed by atoms with Gasteiger partial charge in [-0.25, -0.2) is 0 Å². The molecule has 0 heterocycles. The number of hydrogen-bond donors (Lipinski definition) is 0. The number of carbonyl (C=O) groups excluding carboxylic acids is 1. The molecule has 2 bridgehead atoms. The van der Waals surface area contributed by atoms with Crippen LogP contribution in [0.2, 0.25) is 6.04 Å². The molecule has 0 saturated heterocycles. The van der Waals surface area contributed by atoms with Crippen LogP contribution in [0.3, 0.4) is 0 Å². The highest BCUT2D eigenvalue weighted by Crippen LogP contribution is 2.55. The van der Waals surface area contributed by atoms with Crippen molar-refractivity contribution in [2.75, 3.05) is 27.9 Å². The van der Waals surface area contributed by atoms with Crippen molar-refractivity contribution in [3.05, 3.63) is 0 Å². The first kappa shape index (κ1) is 17.9. The molecule has 0 aromatic carbocycles. The van der Waals surface area contributed by atoms with Gasteiger partial charge in [0, 0.05) is 27.4 Å². The summed E-state index contributed by atoms with van der Waals surface area (Å²) in [5.74, 6) is 2.75. The lowest BCUT2D eigenvalue weighted by Gasteiger charge is -2.30. The normalized spacial score (nSPS) is 34.1. The summed E-state index contributed by atoms with van der Waals surface area (Å²) < 4.78 is 21.6. The zero-order valence-corrected chi connectivity index (χ0v) is 15.5. The summed E-state index contributed by atoms with van der Waals surface area (Å²) in [6.07, 6.45) is 2.93. The molecule has 5 atom stereocenters. The monoisotopic (exact) mass is 330 g/mol. The maximum absolute atomic E-state index is 12.3. The average Bonchev–Trinajstić information content (AvgIpc) is 3.09. The summed E-state index contributed by atoms with van der Waals surface area (Å²) in [5.41, 5.74) is 0. The molecule has 0 N–H and O–H groups in total. The fraction of sp³-hybridized carbons (Fsp3) is 0.938. The molecular weight excluding hydrogens is 300 g/mol. The van der Waals surface area contributed by atoms with E-state index in [1.807, 2.05) is 0 Å². The zero-order valence-electron chi connectivity index (χ0n) is 14.5. The molecule has 0 aromatic heterocycles. The molecule has 5 nitrogen and oxygen atoms in total. The molecule has 0 aromatic rings. The van der Waals surface area contributed by atoms with E-state index in [0.717, 1.165) is 12.3 Å². The third kappa shape index (κ3) is 3.40. The van der Waals surface area contributed by atoms with Crippen molar-refractivity contribution < 1.29 is 22.8 Å². The van der Waals surface area contributed by atoms with Crippen LogP contribution < -0.4 is 0 Å². The lowest BCUT2D eigenvalue weighted by molar-refractivity contribution is -0.151. The van der Waals surface area contributed by atoms with Crippen LogP contribution in [0, 0.1) is 29.6 Å². The summed E-state index contributed by atoms with van der Waals surface area (Å²) >= 11 is 0. The predicted molar refractivity (Wildman–Crippen MR) is 85.2 cm³/mol. The maximum Gasteiger partial charge on any atom is 0.500 e. The van der Waals surface area contributed by atoms with E-state index in [9.17, 15) is 4.79 Å². The number of carbonyl (C=O) groups is 1. The molecule has 2 saturated carbocycles. The standard InChI is InChI=1S/C16H30O5Si/c1-11-12(2)14-9-13(11)10-15(14)16(17)21-7-6-8-22(18-3,19-4)20-5/h11-15H,6-10H2,1-5H3. The molecule has 6 heteroatoms. The number of fused-ring (bicyclic) bond motifs is 2. The van der Waals surface area contributed by atoms with E-state index in [1.54, 1.807) is 21.3 Å². The van der Waals surface area contributed by atoms with Gasteiger partial charge in [0.2, 0.25) is 0 Å². The van der Waals surface area contributed by atoms with E-state index in [2.05, 4.69) is 13.8 Å². The van der Waals surface area contributed by atoms with Crippen LogP contribution >= 0.6 is 0 Å². The maximum atomic E-state index is 12.3. The molecule has 0 amide bonds. The van der Waals surface area contributed by atoms with E-state index < -0.39 is 8.80 Å². The minimum Gasteiger partial charge on any atom is -0.465 e. The topological polar surface area (TPSA) is 54.0 Å². The van der Waals surface area contributed by atoms with Gasteiger partial charge in [-0.1, -0.05) is 13.8 Å². The number of rotatable bonds is 8. The first-order valence-electron chi connectivity index (χ1n) is 8.30. The smallest absolute Gasteiger partial charge is 0.465 e. The second-order valence-corrected chi connectivity index (χ2v) is 9.88. The lowest BCUT2D eigenvalue weighted by Crippen LogP contribution is -2.42. The Bertz CT molecular complexity index is 374. The minimum atomic E-state index is -2.55. The van der Waals surface area contributed by atoms with Gasteiger partial charge in [0.05, 0.1) is 12.5 Å². The van der Waals surface area contributed by atoms with Gasteiger partial charge in [0.15, 0.2) is 0 Å². The summed E-state index contributed by atoms with van der Waals surface area (Å²) in [5, 5.41) is 0. The second kappa shape index (κ2) is 7.42. The van der Waals surface area contributed by atoms with E-state index in [1.165, 1.54) is 6.42 Å². The largest absolute Gasteiger partial charge is 0.500 e. The van der Waals surface area contributed by atoms with E-state index in [0.29, 0.717) is 36.8 Å². The molecule has 2 aliphatic rings. The predicted octanol–water partition coefficient (Wildman–Crippen LogP) is 2.73. The number of esters is 1. The van der Waals surface area contributed by atoms with Crippen LogP contribution in [0.15, 0.2) is 0 Å². The molecule has 2 fully saturated rings. The van der Waals surface area contributed by atoms with Gasteiger partial charge in [-0.2, -0.15) is 0 Å². The van der Waals surface area contributed by atoms with Crippen molar-refractivity contribution in [3.8, 4) is 0 Å². The first-order chi connectivity index (χ1) is 10.5. The molecule has 0 radical (unpaired) electrons. The van der Waals surface area contributed by atoms with Crippen molar-refractivity contribution in [1.82, 2.24) is 0 Å². The van der Waals surface area contributed by atoms with Crippen LogP contribution in [0.25, 0.3) is 0 Å². The Labute approximate surface area is 135 Å². The van der Waals surface area contributed by atoms with Gasteiger partial charge >= 0.3 is 14.8 Å². The van der Waals surface area contributed by atoms with Crippen molar-refractivity contribution in [2.45, 2.75) is 39.2 Å². The van der Waals surface area contributed by atoms with Gasteiger partial charge in [-0.05, 0) is 42.9 Å². The molecule has 0 spiro atoms. The second-order valence-electron chi connectivity index (χ2n) is 6.79. The Balaban J connectivity index is 1.73. The highest BCUT2D eigenvalue weighted by Gasteiger charge is 2.51. The van der Waals surface area contributed by atoms with Gasteiger partial charge in [-0.3, -0.25) is 4.79 Å². The Hall–Kier alpha value is -0.433. The van der Waals surface area contributed by atoms with Gasteiger partial charge in [-0.15, -0.1) is 0 Å². The van der Waals surface area contributed by atoms with Crippen molar-refractivity contribution in [3.63, 3.8) is 0 Å². The van der Waals surface area contributed by atoms with Crippen LogP contribution in [0.1, 0.15) is 33.1 Å². The fourth-order valence-corrected chi connectivity index (χ4v) is 6.03. The van der Waals surface area contributed by atoms with Crippen LogP contribution in [0.5, 0.6) is 0 Å². The van der Waals surface area contributed by atoms with Crippen LogP contribution in [-0.2, 0) is 22.8 Å². The average molecular weight is 330 g/mol. The van der Waals surface area contributed by atoms with Crippen molar-refractivity contribution >= 4 is 14.8 Å². The third-order valence-electron chi connectivity index (χ3n) is 6.00. The summed E-state index contributed by atoms with van der Waals surface area (Å²) in [7, 11) is 2.26. The molecule has 2 rings (SSSR count). The molecular formula is C16H30O5Si. The van der Waals surface area contributed by atoms with Crippen molar-refractivity contribution in [2.24, 2.45) is 29.6 Å². The quantitative estimate of drug-likeness (QED) is 0.389. The Morgan fingerprint density at radius 3 is 2.18 bits per heavy atom. The summed E-state index contributed by atoms with van der Waals surface area (Å²) in [6.45, 7) is 5.02. The Kier molecular flexibility index (Phi) is 6.05. The summed E-state index contributed by atoms with van der Waals surface area (Å²) in [6, 6.07) is 0.661. The van der Waals surface area contributed by atoms with E-state index in [4.69, 9.17) is 18.0 Å². The molecule has 5 unspecified atom stereocenters. The van der Waals surface area contributed by atoms with E-state index in [-0.39, 0.29) is 11.9 Å². The van der Waals surface area contributed by atoms with Crippen molar-refractivity contribution in [1.29, 1.82) is 0 Å². The number of hydrogen-bond acceptors (Lipinski definition) is 5. The highest BCUT2D eigenvalue weighted by atomic mass is 28.4. The first-order valence-corrected chi connectivity index (χ1v) is 10.2. The molecule has 128 valence electrons. The lowest BCUT2D eigenvalue weighted by atomic mass is 9.76. The molecule has 2 aliphatic carbocycles. The van der Waals surface area contributed by atoms with Gasteiger partial charge in [0.25, 0.3) is 0 Å². The molecule has 22 heavy (non-hydrogen) atoms. The molecule has 0 aliphatic heterocycles. The summed E-state index contributed by atoms with van der Waals surface area (Å²) in [4.78, 5) is 12.3. The number of ether oxygens (including phenoxy) is 1. The Morgan fingerprint density at radius 1 is 1.05 bits per heavy atom. The van der Waals surface area contributed by atoms with Crippen LogP contribution in [0.4, 0.5) is 0 Å². The third-order valence-corrected chi connectivity index (χ3v) is 8.84. The fourth-order valence-electron chi connectivity index (χ4n) is 4.34. The van der Waals surface area contributed by atoms with E-state index >= 15 is 0 Å².